The minimum atomic E-state index is -0.893. The van der Waals surface area contributed by atoms with Gasteiger partial charge in [0.2, 0.25) is 17.7 Å². The van der Waals surface area contributed by atoms with Crippen molar-refractivity contribution in [2.24, 2.45) is 5.92 Å². The lowest BCUT2D eigenvalue weighted by atomic mass is 9.92. The summed E-state index contributed by atoms with van der Waals surface area (Å²) in [6.07, 6.45) is -3.68. The van der Waals surface area contributed by atoms with Crippen LogP contribution in [0, 0.1) is 5.92 Å². The molecule has 1 fully saturated rings. The van der Waals surface area contributed by atoms with Crippen LogP contribution in [0.4, 0.5) is 5.95 Å². The minimum Gasteiger partial charge on any atom is -0.471 e. The summed E-state index contributed by atoms with van der Waals surface area (Å²) in [4.78, 5) is 43.0. The number of rotatable bonds is 18. The predicted octanol–water partition coefficient (Wildman–Crippen LogP) is 7.16. The maximum atomic E-state index is 12.9. The Labute approximate surface area is 343 Å². The molecule has 0 radical (unpaired) electrons. The van der Waals surface area contributed by atoms with Gasteiger partial charge in [-0.2, -0.15) is 9.97 Å². The fraction of sp³-hybridized carbons (Fsp3) is 0.326. The SMILES string of the molecule is CC(=O)O[C@H]1[C@H](OCc2ccccc2)[C@@H](COCc2ccccc2)O[C@H](Cc2nc3nc(NC(=O)C(C)C)nc(OCc4ccccc4)c3[nH]2)[C@H]1OCc1ccccc1. The lowest BCUT2D eigenvalue weighted by Crippen LogP contribution is -2.62. The van der Waals surface area contributed by atoms with Crippen LogP contribution in [0.2, 0.25) is 0 Å². The Hall–Kier alpha value is -5.99. The number of aromatic amines is 1. The van der Waals surface area contributed by atoms with E-state index in [1.54, 1.807) is 13.8 Å². The van der Waals surface area contributed by atoms with Crippen molar-refractivity contribution in [3.63, 3.8) is 0 Å². The maximum absolute atomic E-state index is 12.9. The van der Waals surface area contributed by atoms with Crippen molar-refractivity contribution >= 4 is 29.0 Å². The van der Waals surface area contributed by atoms with Gasteiger partial charge in [-0.25, -0.2) is 4.98 Å². The molecule has 306 valence electrons. The van der Waals surface area contributed by atoms with Crippen molar-refractivity contribution in [1.82, 2.24) is 19.9 Å². The number of nitrogens with one attached hydrogen (secondary N) is 2. The number of aromatic nitrogens is 4. The Kier molecular flexibility index (Phi) is 14.0. The highest BCUT2D eigenvalue weighted by molar-refractivity contribution is 5.91. The first-order valence-electron chi connectivity index (χ1n) is 19.8. The zero-order chi connectivity index (χ0) is 41.0. The van der Waals surface area contributed by atoms with E-state index in [1.807, 2.05) is 121 Å². The summed E-state index contributed by atoms with van der Waals surface area (Å²) < 4.78 is 38.8. The number of ether oxygens (including phenoxy) is 6. The summed E-state index contributed by atoms with van der Waals surface area (Å²) in [6, 6.07) is 39.1. The Bertz CT molecular complexity index is 2240. The van der Waals surface area contributed by atoms with E-state index >= 15 is 0 Å². The first-order chi connectivity index (χ1) is 28.8. The number of imidazole rings is 1. The molecule has 7 rings (SSSR count). The van der Waals surface area contributed by atoms with Crippen molar-refractivity contribution in [3.05, 3.63) is 149 Å². The molecule has 13 nitrogen and oxygen atoms in total. The van der Waals surface area contributed by atoms with E-state index in [4.69, 9.17) is 33.4 Å². The van der Waals surface area contributed by atoms with Gasteiger partial charge < -0.3 is 33.4 Å². The van der Waals surface area contributed by atoms with Crippen LogP contribution in [0.3, 0.4) is 0 Å². The molecule has 1 aliphatic rings. The number of amides is 1. The van der Waals surface area contributed by atoms with Gasteiger partial charge in [-0.15, -0.1) is 0 Å². The molecular weight excluding hydrogens is 751 g/mol. The van der Waals surface area contributed by atoms with Gasteiger partial charge in [0.15, 0.2) is 11.8 Å². The number of fused-ring (bicyclic) bond motifs is 1. The number of carbonyl (C=O) groups excluding carboxylic acids is 2. The van der Waals surface area contributed by atoms with Gasteiger partial charge in [-0.05, 0) is 22.3 Å². The van der Waals surface area contributed by atoms with Crippen molar-refractivity contribution in [2.45, 2.75) is 84.1 Å². The summed E-state index contributed by atoms with van der Waals surface area (Å²) in [5, 5.41) is 2.78. The molecule has 3 heterocycles. The van der Waals surface area contributed by atoms with E-state index in [1.165, 1.54) is 6.92 Å². The number of anilines is 1. The highest BCUT2D eigenvalue weighted by Crippen LogP contribution is 2.33. The summed E-state index contributed by atoms with van der Waals surface area (Å²) >= 11 is 0. The number of nitrogens with zero attached hydrogens (tertiary/aromatic N) is 3. The summed E-state index contributed by atoms with van der Waals surface area (Å²) in [5.74, 6) is -0.264. The number of benzene rings is 4. The fourth-order valence-electron chi connectivity index (χ4n) is 6.77. The summed E-state index contributed by atoms with van der Waals surface area (Å²) in [6.45, 7) is 6.09. The molecule has 0 saturated carbocycles. The topological polar surface area (TPSA) is 156 Å². The van der Waals surface area contributed by atoms with E-state index in [-0.39, 0.29) is 62.1 Å². The second kappa shape index (κ2) is 20.1. The molecule has 59 heavy (non-hydrogen) atoms. The lowest BCUT2D eigenvalue weighted by Gasteiger charge is -2.45. The number of hydrogen-bond donors (Lipinski definition) is 2. The largest absolute Gasteiger partial charge is 0.471 e. The highest BCUT2D eigenvalue weighted by Gasteiger charge is 2.50. The predicted molar refractivity (Wildman–Crippen MR) is 220 cm³/mol. The van der Waals surface area contributed by atoms with Crippen LogP contribution < -0.4 is 10.1 Å². The van der Waals surface area contributed by atoms with Gasteiger partial charge in [0.05, 0.1) is 32.5 Å². The van der Waals surface area contributed by atoms with Gasteiger partial charge >= 0.3 is 5.97 Å². The van der Waals surface area contributed by atoms with Crippen LogP contribution in [0.1, 0.15) is 48.8 Å². The van der Waals surface area contributed by atoms with Gasteiger partial charge in [0.1, 0.15) is 36.3 Å². The van der Waals surface area contributed by atoms with Crippen LogP contribution >= 0.6 is 0 Å². The quantitative estimate of drug-likeness (QED) is 0.0852. The van der Waals surface area contributed by atoms with Crippen LogP contribution in [-0.2, 0) is 66.1 Å². The zero-order valence-electron chi connectivity index (χ0n) is 33.4. The van der Waals surface area contributed by atoms with Gasteiger partial charge in [-0.3, -0.25) is 14.9 Å². The van der Waals surface area contributed by atoms with Crippen LogP contribution in [0.5, 0.6) is 5.88 Å². The van der Waals surface area contributed by atoms with Crippen LogP contribution in [-0.4, -0.2) is 68.9 Å². The second-order valence-corrected chi connectivity index (χ2v) is 14.7. The molecule has 1 amide bonds. The lowest BCUT2D eigenvalue weighted by molar-refractivity contribution is -0.265. The number of esters is 1. The van der Waals surface area contributed by atoms with Crippen molar-refractivity contribution in [3.8, 4) is 5.88 Å². The number of carbonyl (C=O) groups is 2. The Morgan fingerprint density at radius 1 is 0.678 bits per heavy atom. The van der Waals surface area contributed by atoms with E-state index in [0.29, 0.717) is 17.9 Å². The molecule has 2 aromatic heterocycles. The smallest absolute Gasteiger partial charge is 0.303 e. The zero-order valence-corrected chi connectivity index (χ0v) is 33.4. The monoisotopic (exact) mass is 799 g/mol. The number of H-pyrrole nitrogens is 1. The third-order valence-electron chi connectivity index (χ3n) is 9.74. The molecular formula is C46H49N5O8. The molecule has 1 saturated heterocycles. The molecule has 0 bridgehead atoms. The number of hydrogen-bond acceptors (Lipinski definition) is 11. The second-order valence-electron chi connectivity index (χ2n) is 14.7. The van der Waals surface area contributed by atoms with E-state index in [9.17, 15) is 9.59 Å². The third kappa shape index (κ3) is 11.4. The molecule has 4 aromatic carbocycles. The molecule has 0 aliphatic carbocycles. The average Bonchev–Trinajstić information content (AvgIpc) is 3.66. The summed E-state index contributed by atoms with van der Waals surface area (Å²) in [7, 11) is 0. The van der Waals surface area contributed by atoms with E-state index in [0.717, 1.165) is 22.3 Å². The van der Waals surface area contributed by atoms with Crippen molar-refractivity contribution in [2.75, 3.05) is 11.9 Å². The molecule has 0 spiro atoms. The van der Waals surface area contributed by atoms with E-state index < -0.39 is 36.5 Å². The van der Waals surface area contributed by atoms with Crippen LogP contribution in [0.25, 0.3) is 11.2 Å². The summed E-state index contributed by atoms with van der Waals surface area (Å²) in [5.41, 5.74) is 4.54. The highest BCUT2D eigenvalue weighted by atomic mass is 16.6. The molecule has 2 N–H and O–H groups in total. The van der Waals surface area contributed by atoms with E-state index in [2.05, 4.69) is 20.3 Å². The van der Waals surface area contributed by atoms with Gasteiger partial charge in [0.25, 0.3) is 0 Å². The van der Waals surface area contributed by atoms with Crippen LogP contribution in [0.15, 0.2) is 121 Å². The molecule has 1 aliphatic heterocycles. The Morgan fingerprint density at radius 3 is 1.75 bits per heavy atom. The first-order valence-corrected chi connectivity index (χ1v) is 19.8. The first kappa shape index (κ1) is 41.2. The minimum absolute atomic E-state index is 0.0688. The molecule has 0 unspecified atom stereocenters. The molecule has 13 heteroatoms. The van der Waals surface area contributed by atoms with Gasteiger partial charge in [0, 0.05) is 19.3 Å². The molecule has 6 aromatic rings. The fourth-order valence-corrected chi connectivity index (χ4v) is 6.77. The average molecular weight is 800 g/mol. The molecule has 5 atom stereocenters. The van der Waals surface area contributed by atoms with Crippen molar-refractivity contribution < 1.29 is 38.0 Å². The Balaban J connectivity index is 1.23. The standard InChI is InChI=1S/C46H49N5O8/c1-30(2)44(53)50-46-49-43-39(45(51-46)57-28-35-22-14-7-15-23-35)47-38(48-43)24-36-40(55-26-33-18-10-5-11-19-33)42(58-31(3)52)41(56-27-34-20-12-6-13-21-34)37(59-36)29-54-25-32-16-8-4-9-17-32/h4-23,30,36-37,40-42H,24-29H2,1-3H3,(H2,47,48,49,50,51,53)/t36-,37-,40-,41-,42-/m1/s1. The van der Waals surface area contributed by atoms with Gasteiger partial charge in [-0.1, -0.05) is 135 Å². The maximum Gasteiger partial charge on any atom is 0.303 e. The van der Waals surface area contributed by atoms with Crippen molar-refractivity contribution in [1.29, 1.82) is 0 Å². The Morgan fingerprint density at radius 2 is 1.20 bits per heavy atom. The third-order valence-corrected chi connectivity index (χ3v) is 9.74. The normalized spacial score (nSPS) is 19.1.